The molecule has 0 atom stereocenters. The average molecular weight is 194 g/mol. The van der Waals surface area contributed by atoms with E-state index in [1.54, 1.807) is 11.3 Å². The molecule has 13 heavy (non-hydrogen) atoms. The van der Waals surface area contributed by atoms with Crippen LogP contribution in [0, 0.1) is 0 Å². The van der Waals surface area contributed by atoms with Gasteiger partial charge in [-0.3, -0.25) is 0 Å². The van der Waals surface area contributed by atoms with Gasteiger partial charge in [-0.15, -0.1) is 11.3 Å². The van der Waals surface area contributed by atoms with Crippen molar-refractivity contribution in [2.45, 2.75) is 25.2 Å². The Morgan fingerprint density at radius 3 is 3.23 bits per heavy atom. The van der Waals surface area contributed by atoms with Crippen LogP contribution in [0.25, 0.3) is 10.4 Å². The molecule has 68 valence electrons. The highest BCUT2D eigenvalue weighted by Crippen LogP contribution is 2.41. The molecule has 1 fully saturated rings. The van der Waals surface area contributed by atoms with E-state index >= 15 is 0 Å². The first-order valence-electron chi connectivity index (χ1n) is 4.35. The molecule has 1 aliphatic carbocycles. The number of aromatic nitrogens is 1. The van der Waals surface area contributed by atoms with Crippen LogP contribution in [0.5, 0.6) is 0 Å². The Hall–Kier alpha value is -1.06. The van der Waals surface area contributed by atoms with Crippen molar-refractivity contribution >= 4 is 11.3 Å². The van der Waals surface area contributed by atoms with Crippen molar-refractivity contribution < 1.29 is 0 Å². The molecular weight excluding hydrogens is 184 g/mol. The molecule has 0 N–H and O–H groups in total. The second-order valence-electron chi connectivity index (χ2n) is 3.16. The topological polar surface area (TPSA) is 61.7 Å². The molecule has 1 saturated carbocycles. The molecule has 0 radical (unpaired) electrons. The summed E-state index contributed by atoms with van der Waals surface area (Å²) in [7, 11) is 0. The number of azide groups is 1. The highest BCUT2D eigenvalue weighted by atomic mass is 32.1. The van der Waals surface area contributed by atoms with Crippen LogP contribution in [0.4, 0.5) is 0 Å². The maximum atomic E-state index is 8.09. The molecule has 0 spiro atoms. The van der Waals surface area contributed by atoms with Crippen LogP contribution < -0.4 is 0 Å². The van der Waals surface area contributed by atoms with Crippen molar-refractivity contribution in [1.82, 2.24) is 4.98 Å². The summed E-state index contributed by atoms with van der Waals surface area (Å²) in [5.41, 5.74) is 9.16. The third kappa shape index (κ3) is 2.20. The minimum Gasteiger partial charge on any atom is -0.246 e. The molecule has 0 saturated heterocycles. The van der Waals surface area contributed by atoms with Gasteiger partial charge in [0.1, 0.15) is 0 Å². The van der Waals surface area contributed by atoms with Gasteiger partial charge in [-0.1, -0.05) is 5.11 Å². The highest BCUT2D eigenvalue weighted by molar-refractivity contribution is 7.09. The van der Waals surface area contributed by atoms with Crippen LogP contribution >= 0.6 is 11.3 Å². The molecule has 0 aliphatic heterocycles. The number of hydrogen-bond donors (Lipinski definition) is 0. The Balaban J connectivity index is 1.92. The van der Waals surface area contributed by atoms with Crippen LogP contribution in [-0.2, 0) is 6.42 Å². The van der Waals surface area contributed by atoms with Crippen molar-refractivity contribution in [3.63, 3.8) is 0 Å². The molecule has 5 heteroatoms. The molecule has 0 bridgehead atoms. The Labute approximate surface area is 80.2 Å². The quantitative estimate of drug-likeness (QED) is 0.413. The van der Waals surface area contributed by atoms with Crippen molar-refractivity contribution in [3.8, 4) is 0 Å². The Kier molecular flexibility index (Phi) is 2.47. The molecule has 0 amide bonds. The van der Waals surface area contributed by atoms with E-state index in [4.69, 9.17) is 5.53 Å². The zero-order valence-corrected chi connectivity index (χ0v) is 8.00. The summed E-state index contributed by atoms with van der Waals surface area (Å²) < 4.78 is 0. The lowest BCUT2D eigenvalue weighted by Gasteiger charge is -1.88. The van der Waals surface area contributed by atoms with Gasteiger partial charge in [0.15, 0.2) is 0 Å². The van der Waals surface area contributed by atoms with Gasteiger partial charge in [-0.05, 0) is 24.8 Å². The SMILES string of the molecule is [N-]=[N+]=NCCc1csc(C2CC2)n1. The zero-order valence-electron chi connectivity index (χ0n) is 7.18. The Bertz CT molecular complexity index is 336. The van der Waals surface area contributed by atoms with Gasteiger partial charge in [0.25, 0.3) is 0 Å². The Morgan fingerprint density at radius 1 is 1.69 bits per heavy atom. The number of nitrogens with zero attached hydrogens (tertiary/aromatic N) is 4. The number of hydrogen-bond acceptors (Lipinski definition) is 3. The summed E-state index contributed by atoms with van der Waals surface area (Å²) in [5, 5.41) is 6.81. The molecule has 4 nitrogen and oxygen atoms in total. The normalized spacial score (nSPS) is 15.4. The summed E-state index contributed by atoms with van der Waals surface area (Å²) in [6.07, 6.45) is 3.36. The lowest BCUT2D eigenvalue weighted by Crippen LogP contribution is -1.89. The largest absolute Gasteiger partial charge is 0.246 e. The third-order valence-corrected chi connectivity index (χ3v) is 3.08. The van der Waals surface area contributed by atoms with E-state index in [1.807, 2.05) is 0 Å². The van der Waals surface area contributed by atoms with Crippen LogP contribution in [0.2, 0.25) is 0 Å². The highest BCUT2D eigenvalue weighted by Gasteiger charge is 2.26. The minimum atomic E-state index is 0.518. The van der Waals surface area contributed by atoms with Gasteiger partial charge >= 0.3 is 0 Å². The maximum absolute atomic E-state index is 8.09. The van der Waals surface area contributed by atoms with Crippen molar-refractivity contribution in [2.75, 3.05) is 6.54 Å². The van der Waals surface area contributed by atoms with Gasteiger partial charge in [0, 0.05) is 22.8 Å². The first-order chi connectivity index (χ1) is 6.40. The predicted octanol–water partition coefficient (Wildman–Crippen LogP) is 2.87. The fourth-order valence-corrected chi connectivity index (χ4v) is 2.19. The summed E-state index contributed by atoms with van der Waals surface area (Å²) >= 11 is 1.73. The molecule has 1 heterocycles. The third-order valence-electron chi connectivity index (χ3n) is 2.03. The fraction of sp³-hybridized carbons (Fsp3) is 0.625. The molecule has 2 rings (SSSR count). The zero-order chi connectivity index (χ0) is 9.10. The van der Waals surface area contributed by atoms with Crippen LogP contribution in [0.3, 0.4) is 0 Å². The second kappa shape index (κ2) is 3.77. The molecule has 1 aromatic rings. The monoisotopic (exact) mass is 194 g/mol. The standard InChI is InChI=1S/C8H10N4S/c9-12-10-4-3-7-5-13-8(11-7)6-1-2-6/h5-6H,1-4H2. The second-order valence-corrected chi connectivity index (χ2v) is 4.05. The summed E-state index contributed by atoms with van der Waals surface area (Å²) in [4.78, 5) is 7.18. The fourth-order valence-electron chi connectivity index (χ4n) is 1.16. The van der Waals surface area contributed by atoms with E-state index in [2.05, 4.69) is 20.4 Å². The molecule has 0 unspecified atom stereocenters. The van der Waals surface area contributed by atoms with E-state index < -0.39 is 0 Å². The number of thiazole rings is 1. The lowest BCUT2D eigenvalue weighted by molar-refractivity contribution is 0.909. The van der Waals surface area contributed by atoms with Crippen molar-refractivity contribution in [2.24, 2.45) is 5.11 Å². The van der Waals surface area contributed by atoms with Crippen LogP contribution in [-0.4, -0.2) is 11.5 Å². The van der Waals surface area contributed by atoms with E-state index in [0.29, 0.717) is 6.54 Å². The molecular formula is C8H10N4S. The van der Waals surface area contributed by atoms with Crippen LogP contribution in [0.15, 0.2) is 10.5 Å². The Morgan fingerprint density at radius 2 is 2.54 bits per heavy atom. The minimum absolute atomic E-state index is 0.518. The van der Waals surface area contributed by atoms with E-state index in [9.17, 15) is 0 Å². The van der Waals surface area contributed by atoms with Crippen LogP contribution in [0.1, 0.15) is 29.5 Å². The first-order valence-corrected chi connectivity index (χ1v) is 5.23. The van der Waals surface area contributed by atoms with E-state index in [-0.39, 0.29) is 0 Å². The van der Waals surface area contributed by atoms with E-state index in [0.717, 1.165) is 18.0 Å². The molecule has 0 aromatic carbocycles. The van der Waals surface area contributed by atoms with E-state index in [1.165, 1.54) is 17.8 Å². The van der Waals surface area contributed by atoms with Gasteiger partial charge in [-0.25, -0.2) is 4.98 Å². The summed E-state index contributed by atoms with van der Waals surface area (Å²) in [6.45, 7) is 0.518. The lowest BCUT2D eigenvalue weighted by atomic mass is 10.3. The molecule has 1 aliphatic rings. The average Bonchev–Trinajstić information content (AvgIpc) is 2.88. The van der Waals surface area contributed by atoms with Gasteiger partial charge < -0.3 is 0 Å². The van der Waals surface area contributed by atoms with Gasteiger partial charge in [0.05, 0.1) is 10.7 Å². The predicted molar refractivity (Wildman–Crippen MR) is 51.8 cm³/mol. The summed E-state index contributed by atoms with van der Waals surface area (Å²) in [6, 6.07) is 0. The van der Waals surface area contributed by atoms with Crippen molar-refractivity contribution in [3.05, 3.63) is 26.5 Å². The molecule has 1 aromatic heterocycles. The van der Waals surface area contributed by atoms with Crippen molar-refractivity contribution in [1.29, 1.82) is 0 Å². The van der Waals surface area contributed by atoms with Gasteiger partial charge in [-0.2, -0.15) is 0 Å². The smallest absolute Gasteiger partial charge is 0.0959 e. The maximum Gasteiger partial charge on any atom is 0.0959 e. The van der Waals surface area contributed by atoms with Gasteiger partial charge in [0.2, 0.25) is 0 Å². The number of rotatable bonds is 4. The summed E-state index contributed by atoms with van der Waals surface area (Å²) in [5.74, 6) is 0.734. The first kappa shape index (κ1) is 8.53.